The van der Waals surface area contributed by atoms with Crippen LogP contribution < -0.4 is 5.32 Å². The zero-order chi connectivity index (χ0) is 13.2. The van der Waals surface area contributed by atoms with Crippen LogP contribution in [0, 0.1) is 0 Å². The Morgan fingerprint density at radius 1 is 1.47 bits per heavy atom. The van der Waals surface area contributed by atoms with Gasteiger partial charge in [-0.25, -0.2) is 0 Å². The second kappa shape index (κ2) is 4.85. The Bertz CT molecular complexity index is 588. The molecule has 1 atom stereocenters. The van der Waals surface area contributed by atoms with Crippen LogP contribution in [-0.2, 0) is 23.1 Å². The summed E-state index contributed by atoms with van der Waals surface area (Å²) in [6, 6.07) is 12.0. The van der Waals surface area contributed by atoms with Crippen molar-refractivity contribution in [1.82, 2.24) is 15.1 Å². The van der Waals surface area contributed by atoms with Crippen molar-refractivity contribution < 1.29 is 9.53 Å². The molecular weight excluding hydrogens is 242 g/mol. The van der Waals surface area contributed by atoms with Gasteiger partial charge in [0, 0.05) is 12.6 Å². The molecule has 1 unspecified atom stereocenters. The number of rotatable bonds is 4. The number of hydrogen-bond donors (Lipinski definition) is 1. The Hall–Kier alpha value is -2.14. The number of nitrogens with zero attached hydrogens (tertiary/aromatic N) is 2. The quantitative estimate of drug-likeness (QED) is 0.834. The van der Waals surface area contributed by atoms with Crippen LogP contribution in [0.4, 0.5) is 0 Å². The van der Waals surface area contributed by atoms with Crippen molar-refractivity contribution in [2.75, 3.05) is 6.61 Å². The predicted octanol–water partition coefficient (Wildman–Crippen LogP) is 1.10. The number of hydrogen-bond acceptors (Lipinski definition) is 3. The molecule has 0 spiro atoms. The summed E-state index contributed by atoms with van der Waals surface area (Å²) in [4.78, 5) is 11.5. The third-order valence-electron chi connectivity index (χ3n) is 3.12. The van der Waals surface area contributed by atoms with Crippen molar-refractivity contribution >= 4 is 5.91 Å². The van der Waals surface area contributed by atoms with Crippen LogP contribution in [0.15, 0.2) is 36.4 Å². The van der Waals surface area contributed by atoms with Crippen LogP contribution in [0.25, 0.3) is 11.3 Å². The first-order valence-corrected chi connectivity index (χ1v) is 6.21. The third kappa shape index (κ3) is 2.66. The number of aromatic nitrogens is 2. The number of ether oxygens (including phenoxy) is 1. The number of amides is 1. The Labute approximate surface area is 111 Å². The monoisotopic (exact) mass is 257 g/mol. The standard InChI is InChI=1S/C14H15N3O2/c1-17-11(8-15-14(18)13-9-19-13)7-12(16-17)10-5-3-2-4-6-10/h2-7,13H,8-9H2,1H3,(H,15,18). The molecule has 5 heteroatoms. The molecule has 1 amide bonds. The summed E-state index contributed by atoms with van der Waals surface area (Å²) in [5.74, 6) is -0.0533. The highest BCUT2D eigenvalue weighted by Gasteiger charge is 2.30. The SMILES string of the molecule is Cn1nc(-c2ccccc2)cc1CNC(=O)C1CO1. The lowest BCUT2D eigenvalue weighted by Crippen LogP contribution is -2.28. The first kappa shape index (κ1) is 11.9. The Balaban J connectivity index is 1.72. The fraction of sp³-hybridized carbons (Fsp3) is 0.286. The largest absolute Gasteiger partial charge is 0.363 e. The molecule has 1 aliphatic rings. The number of benzene rings is 1. The van der Waals surface area contributed by atoms with Gasteiger partial charge in [-0.2, -0.15) is 5.10 Å². The summed E-state index contributed by atoms with van der Waals surface area (Å²) in [6.45, 7) is 1.00. The van der Waals surface area contributed by atoms with E-state index in [1.165, 1.54) is 0 Å². The van der Waals surface area contributed by atoms with Gasteiger partial charge in [0.15, 0.2) is 6.10 Å². The van der Waals surface area contributed by atoms with E-state index in [2.05, 4.69) is 10.4 Å². The minimum absolute atomic E-state index is 0.0533. The van der Waals surface area contributed by atoms with E-state index in [9.17, 15) is 4.79 Å². The molecule has 3 rings (SSSR count). The minimum Gasteiger partial charge on any atom is -0.363 e. The van der Waals surface area contributed by atoms with Gasteiger partial charge >= 0.3 is 0 Å². The molecule has 2 heterocycles. The van der Waals surface area contributed by atoms with Crippen molar-refractivity contribution in [2.24, 2.45) is 7.05 Å². The van der Waals surface area contributed by atoms with Crippen LogP contribution in [0.1, 0.15) is 5.69 Å². The molecule has 0 bridgehead atoms. The van der Waals surface area contributed by atoms with Crippen molar-refractivity contribution in [3.63, 3.8) is 0 Å². The third-order valence-corrected chi connectivity index (χ3v) is 3.12. The summed E-state index contributed by atoms with van der Waals surface area (Å²) in [6.07, 6.45) is -0.248. The smallest absolute Gasteiger partial charge is 0.251 e. The summed E-state index contributed by atoms with van der Waals surface area (Å²) in [7, 11) is 1.88. The zero-order valence-electron chi connectivity index (χ0n) is 10.7. The van der Waals surface area contributed by atoms with Crippen LogP contribution in [0.2, 0.25) is 0 Å². The Morgan fingerprint density at radius 3 is 2.89 bits per heavy atom. The van der Waals surface area contributed by atoms with Gasteiger partial charge in [-0.1, -0.05) is 30.3 Å². The maximum Gasteiger partial charge on any atom is 0.251 e. The summed E-state index contributed by atoms with van der Waals surface area (Å²) < 4.78 is 6.72. The van der Waals surface area contributed by atoms with E-state index in [-0.39, 0.29) is 12.0 Å². The highest BCUT2D eigenvalue weighted by molar-refractivity contribution is 5.82. The topological polar surface area (TPSA) is 59.5 Å². The second-order valence-corrected chi connectivity index (χ2v) is 4.55. The molecule has 98 valence electrons. The van der Waals surface area contributed by atoms with E-state index < -0.39 is 0 Å². The van der Waals surface area contributed by atoms with Crippen LogP contribution in [-0.4, -0.2) is 28.4 Å². The van der Waals surface area contributed by atoms with Crippen molar-refractivity contribution in [3.05, 3.63) is 42.1 Å². The molecule has 19 heavy (non-hydrogen) atoms. The zero-order valence-corrected chi connectivity index (χ0v) is 10.7. The average Bonchev–Trinajstić information content (AvgIpc) is 3.21. The van der Waals surface area contributed by atoms with Gasteiger partial charge < -0.3 is 10.1 Å². The maximum absolute atomic E-state index is 11.5. The van der Waals surface area contributed by atoms with Crippen molar-refractivity contribution in [2.45, 2.75) is 12.6 Å². The number of epoxide rings is 1. The van der Waals surface area contributed by atoms with Gasteiger partial charge in [-0.15, -0.1) is 0 Å². The van der Waals surface area contributed by atoms with Crippen LogP contribution in [0.5, 0.6) is 0 Å². The predicted molar refractivity (Wildman–Crippen MR) is 70.2 cm³/mol. The molecule has 1 aromatic heterocycles. The number of carbonyl (C=O) groups excluding carboxylic acids is 1. The molecule has 1 fully saturated rings. The van der Waals surface area contributed by atoms with Gasteiger partial charge in [0.1, 0.15) is 0 Å². The minimum atomic E-state index is -0.248. The fourth-order valence-corrected chi connectivity index (χ4v) is 1.91. The van der Waals surface area contributed by atoms with Crippen molar-refractivity contribution in [1.29, 1.82) is 0 Å². The normalized spacial score (nSPS) is 17.2. The molecule has 2 aromatic rings. The number of aryl methyl sites for hydroxylation is 1. The van der Waals surface area contributed by atoms with Gasteiger partial charge in [0.05, 0.1) is 24.5 Å². The first-order valence-electron chi connectivity index (χ1n) is 6.21. The second-order valence-electron chi connectivity index (χ2n) is 4.55. The first-order chi connectivity index (χ1) is 9.24. The van der Waals surface area contributed by atoms with Gasteiger partial charge in [-0.05, 0) is 6.07 Å². The van der Waals surface area contributed by atoms with E-state index in [0.717, 1.165) is 17.0 Å². The lowest BCUT2D eigenvalue weighted by molar-refractivity contribution is -0.122. The van der Waals surface area contributed by atoms with E-state index in [1.54, 1.807) is 4.68 Å². The number of nitrogens with one attached hydrogen (secondary N) is 1. The van der Waals surface area contributed by atoms with E-state index in [4.69, 9.17) is 4.74 Å². The highest BCUT2D eigenvalue weighted by atomic mass is 16.6. The Morgan fingerprint density at radius 2 is 2.21 bits per heavy atom. The summed E-state index contributed by atoms with van der Waals surface area (Å²) >= 11 is 0. The maximum atomic E-state index is 11.5. The van der Waals surface area contributed by atoms with Crippen molar-refractivity contribution in [3.8, 4) is 11.3 Å². The van der Waals surface area contributed by atoms with E-state index in [1.807, 2.05) is 43.4 Å². The van der Waals surface area contributed by atoms with Gasteiger partial charge in [0.25, 0.3) is 5.91 Å². The van der Waals surface area contributed by atoms with E-state index >= 15 is 0 Å². The molecule has 0 aliphatic carbocycles. The van der Waals surface area contributed by atoms with Crippen LogP contribution >= 0.6 is 0 Å². The molecule has 1 aromatic carbocycles. The molecule has 1 N–H and O–H groups in total. The van der Waals surface area contributed by atoms with Gasteiger partial charge in [-0.3, -0.25) is 9.48 Å². The molecule has 1 saturated heterocycles. The molecular formula is C14H15N3O2. The molecule has 0 saturated carbocycles. The fourth-order valence-electron chi connectivity index (χ4n) is 1.91. The number of carbonyl (C=O) groups is 1. The summed E-state index contributed by atoms with van der Waals surface area (Å²) in [5.41, 5.74) is 2.95. The lowest BCUT2D eigenvalue weighted by Gasteiger charge is -2.02. The Kier molecular flexibility index (Phi) is 3.05. The lowest BCUT2D eigenvalue weighted by atomic mass is 10.1. The van der Waals surface area contributed by atoms with Gasteiger partial charge in [0.2, 0.25) is 0 Å². The molecule has 1 aliphatic heterocycles. The molecule has 0 radical (unpaired) electrons. The summed E-state index contributed by atoms with van der Waals surface area (Å²) in [5, 5.41) is 7.30. The average molecular weight is 257 g/mol. The molecule has 5 nitrogen and oxygen atoms in total. The van der Waals surface area contributed by atoms with E-state index in [0.29, 0.717) is 13.2 Å². The highest BCUT2D eigenvalue weighted by Crippen LogP contribution is 2.18. The van der Waals surface area contributed by atoms with Crippen LogP contribution in [0.3, 0.4) is 0 Å².